The van der Waals surface area contributed by atoms with E-state index in [0.29, 0.717) is 11.3 Å². The van der Waals surface area contributed by atoms with Crippen LogP contribution in [0.5, 0.6) is 0 Å². The average Bonchev–Trinajstić information content (AvgIpc) is 3.01. The summed E-state index contributed by atoms with van der Waals surface area (Å²) in [6.45, 7) is 2.09. The Morgan fingerprint density at radius 1 is 1.35 bits per heavy atom. The van der Waals surface area contributed by atoms with Gasteiger partial charge in [-0.1, -0.05) is 19.1 Å². The first kappa shape index (κ1) is 17.1. The van der Waals surface area contributed by atoms with Gasteiger partial charge >= 0.3 is 0 Å². The molecule has 0 unspecified atom stereocenters. The standard InChI is InChI=1S/C16H18FN3O2S/c1-2-14-19-9-13(23-14)16(22)20-8-11(15(18)21)7-10-3-5-12(17)6-4-10/h3-6,9,11H,2,7-8H2,1H3,(H2,18,21)(H,20,22)/t11-/m0/s1. The van der Waals surface area contributed by atoms with E-state index in [1.807, 2.05) is 6.92 Å². The van der Waals surface area contributed by atoms with E-state index >= 15 is 0 Å². The molecule has 1 heterocycles. The van der Waals surface area contributed by atoms with Crippen molar-refractivity contribution < 1.29 is 14.0 Å². The Labute approximate surface area is 137 Å². The van der Waals surface area contributed by atoms with E-state index < -0.39 is 11.8 Å². The predicted molar refractivity (Wildman–Crippen MR) is 86.6 cm³/mol. The summed E-state index contributed by atoms with van der Waals surface area (Å²) in [6, 6.07) is 5.86. The third-order valence-electron chi connectivity index (χ3n) is 3.39. The molecule has 7 heteroatoms. The summed E-state index contributed by atoms with van der Waals surface area (Å²) in [6.07, 6.45) is 2.64. The fourth-order valence-electron chi connectivity index (χ4n) is 2.06. The van der Waals surface area contributed by atoms with Gasteiger partial charge in [-0.2, -0.15) is 0 Å². The molecule has 0 saturated heterocycles. The lowest BCUT2D eigenvalue weighted by atomic mass is 9.98. The minimum absolute atomic E-state index is 0.130. The predicted octanol–water partition coefficient (Wildman–Crippen LogP) is 1.92. The first-order chi connectivity index (χ1) is 11.0. The molecule has 5 nitrogen and oxygen atoms in total. The number of amides is 2. The number of rotatable bonds is 7. The molecule has 3 N–H and O–H groups in total. The lowest BCUT2D eigenvalue weighted by molar-refractivity contribution is -0.121. The quantitative estimate of drug-likeness (QED) is 0.810. The van der Waals surface area contributed by atoms with Crippen molar-refractivity contribution in [3.05, 3.63) is 51.7 Å². The molecule has 0 radical (unpaired) electrons. The Bertz CT molecular complexity index is 685. The first-order valence-electron chi connectivity index (χ1n) is 7.26. The Morgan fingerprint density at radius 2 is 2.04 bits per heavy atom. The van der Waals surface area contributed by atoms with E-state index in [1.54, 1.807) is 12.1 Å². The van der Waals surface area contributed by atoms with E-state index in [-0.39, 0.29) is 18.3 Å². The average molecular weight is 335 g/mol. The normalized spacial score (nSPS) is 11.9. The Kier molecular flexibility index (Phi) is 5.81. The van der Waals surface area contributed by atoms with E-state index in [0.717, 1.165) is 17.0 Å². The van der Waals surface area contributed by atoms with Crippen LogP contribution in [0.1, 0.15) is 27.2 Å². The second kappa shape index (κ2) is 7.82. The number of primary amides is 1. The molecule has 122 valence electrons. The van der Waals surface area contributed by atoms with Crippen LogP contribution >= 0.6 is 11.3 Å². The van der Waals surface area contributed by atoms with Crippen LogP contribution in [-0.4, -0.2) is 23.3 Å². The van der Waals surface area contributed by atoms with Gasteiger partial charge in [-0.3, -0.25) is 9.59 Å². The summed E-state index contributed by atoms with van der Waals surface area (Å²) in [7, 11) is 0. The Morgan fingerprint density at radius 3 is 2.61 bits per heavy atom. The van der Waals surface area contributed by atoms with E-state index in [4.69, 9.17) is 5.73 Å². The maximum atomic E-state index is 12.9. The minimum Gasteiger partial charge on any atom is -0.369 e. The van der Waals surface area contributed by atoms with Crippen LogP contribution in [0, 0.1) is 11.7 Å². The maximum Gasteiger partial charge on any atom is 0.263 e. The van der Waals surface area contributed by atoms with Crippen molar-refractivity contribution in [2.75, 3.05) is 6.54 Å². The van der Waals surface area contributed by atoms with Gasteiger partial charge in [0, 0.05) is 6.54 Å². The molecule has 23 heavy (non-hydrogen) atoms. The summed E-state index contributed by atoms with van der Waals surface area (Å²) in [4.78, 5) is 28.2. The number of hydrogen-bond acceptors (Lipinski definition) is 4. The van der Waals surface area contributed by atoms with Crippen LogP contribution in [0.3, 0.4) is 0 Å². The number of hydrogen-bond donors (Lipinski definition) is 2. The minimum atomic E-state index is -0.553. The van der Waals surface area contributed by atoms with Crippen LogP contribution in [0.15, 0.2) is 30.5 Å². The zero-order valence-electron chi connectivity index (χ0n) is 12.7. The van der Waals surface area contributed by atoms with Gasteiger partial charge in [0.05, 0.1) is 17.1 Å². The number of nitrogens with two attached hydrogens (primary N) is 1. The van der Waals surface area contributed by atoms with Crippen molar-refractivity contribution in [3.8, 4) is 0 Å². The van der Waals surface area contributed by atoms with Gasteiger partial charge in [0.25, 0.3) is 5.91 Å². The number of carbonyl (C=O) groups is 2. The third kappa shape index (κ3) is 4.85. The van der Waals surface area contributed by atoms with Crippen molar-refractivity contribution in [3.63, 3.8) is 0 Å². The van der Waals surface area contributed by atoms with Crippen LogP contribution < -0.4 is 11.1 Å². The zero-order valence-corrected chi connectivity index (χ0v) is 13.5. The smallest absolute Gasteiger partial charge is 0.263 e. The SMILES string of the molecule is CCc1ncc(C(=O)NC[C@H](Cc2ccc(F)cc2)C(N)=O)s1. The molecule has 0 aliphatic carbocycles. The van der Waals surface area contributed by atoms with Gasteiger partial charge < -0.3 is 11.1 Å². The highest BCUT2D eigenvalue weighted by molar-refractivity contribution is 7.13. The highest BCUT2D eigenvalue weighted by atomic mass is 32.1. The van der Waals surface area contributed by atoms with Gasteiger partial charge in [-0.15, -0.1) is 11.3 Å². The highest BCUT2D eigenvalue weighted by Gasteiger charge is 2.18. The number of aromatic nitrogens is 1. The van der Waals surface area contributed by atoms with Crippen LogP contribution in [0.25, 0.3) is 0 Å². The van der Waals surface area contributed by atoms with Crippen molar-refractivity contribution >= 4 is 23.2 Å². The molecular formula is C16H18FN3O2S. The fourth-order valence-corrected chi connectivity index (χ4v) is 2.83. The van der Waals surface area contributed by atoms with Gasteiger partial charge in [0.1, 0.15) is 10.7 Å². The monoisotopic (exact) mass is 335 g/mol. The van der Waals surface area contributed by atoms with Crippen molar-refractivity contribution in [1.29, 1.82) is 0 Å². The molecular weight excluding hydrogens is 317 g/mol. The molecule has 1 atom stereocenters. The Balaban J connectivity index is 1.95. The number of benzene rings is 1. The number of carbonyl (C=O) groups excluding carboxylic acids is 2. The number of nitrogens with zero attached hydrogens (tertiary/aromatic N) is 1. The van der Waals surface area contributed by atoms with E-state index in [9.17, 15) is 14.0 Å². The van der Waals surface area contributed by atoms with Gasteiger partial charge in [-0.25, -0.2) is 9.37 Å². The zero-order chi connectivity index (χ0) is 16.8. The first-order valence-corrected chi connectivity index (χ1v) is 8.08. The van der Waals surface area contributed by atoms with Crippen LogP contribution in [0.2, 0.25) is 0 Å². The molecule has 0 aliphatic rings. The summed E-state index contributed by atoms with van der Waals surface area (Å²) in [5.74, 6) is -1.67. The van der Waals surface area contributed by atoms with E-state index in [2.05, 4.69) is 10.3 Å². The van der Waals surface area contributed by atoms with Crippen LogP contribution in [-0.2, 0) is 17.6 Å². The van der Waals surface area contributed by atoms with Crippen molar-refractivity contribution in [2.24, 2.45) is 11.7 Å². The highest BCUT2D eigenvalue weighted by Crippen LogP contribution is 2.14. The van der Waals surface area contributed by atoms with Gasteiger partial charge in [-0.05, 0) is 30.5 Å². The number of aryl methyl sites for hydroxylation is 1. The van der Waals surface area contributed by atoms with Crippen LogP contribution in [0.4, 0.5) is 4.39 Å². The number of nitrogens with one attached hydrogen (secondary N) is 1. The second-order valence-electron chi connectivity index (χ2n) is 5.11. The van der Waals surface area contributed by atoms with Crippen molar-refractivity contribution in [1.82, 2.24) is 10.3 Å². The maximum absolute atomic E-state index is 12.9. The van der Waals surface area contributed by atoms with Gasteiger partial charge in [0.15, 0.2) is 0 Å². The molecule has 0 fully saturated rings. The molecule has 2 rings (SSSR count). The second-order valence-corrected chi connectivity index (χ2v) is 6.23. The summed E-state index contributed by atoms with van der Waals surface area (Å²) >= 11 is 1.33. The summed E-state index contributed by atoms with van der Waals surface area (Å²) in [5, 5.41) is 3.59. The molecule has 1 aromatic carbocycles. The Hall–Kier alpha value is -2.28. The molecule has 2 aromatic rings. The summed E-state index contributed by atoms with van der Waals surface area (Å²) in [5.41, 5.74) is 6.18. The molecule has 0 saturated carbocycles. The largest absolute Gasteiger partial charge is 0.369 e. The van der Waals surface area contributed by atoms with E-state index in [1.165, 1.54) is 29.7 Å². The lowest BCUT2D eigenvalue weighted by Gasteiger charge is -2.14. The lowest BCUT2D eigenvalue weighted by Crippen LogP contribution is -2.37. The van der Waals surface area contributed by atoms with Crippen molar-refractivity contribution in [2.45, 2.75) is 19.8 Å². The summed E-state index contributed by atoms with van der Waals surface area (Å²) < 4.78 is 12.9. The number of thiazole rings is 1. The molecule has 0 spiro atoms. The molecule has 2 amide bonds. The third-order valence-corrected chi connectivity index (χ3v) is 4.53. The molecule has 0 aliphatic heterocycles. The topological polar surface area (TPSA) is 85.1 Å². The molecule has 1 aromatic heterocycles. The number of halogens is 1. The fraction of sp³-hybridized carbons (Fsp3) is 0.312. The molecule has 0 bridgehead atoms. The van der Waals surface area contributed by atoms with Gasteiger partial charge in [0.2, 0.25) is 5.91 Å².